The highest BCUT2D eigenvalue weighted by Crippen LogP contribution is 2.24. The summed E-state index contributed by atoms with van der Waals surface area (Å²) in [6.07, 6.45) is 2.56. The molecule has 1 heterocycles. The van der Waals surface area contributed by atoms with Gasteiger partial charge >= 0.3 is 0 Å². The van der Waals surface area contributed by atoms with Gasteiger partial charge in [0.05, 0.1) is 5.02 Å². The van der Waals surface area contributed by atoms with Crippen molar-refractivity contribution in [1.29, 1.82) is 0 Å². The van der Waals surface area contributed by atoms with Crippen molar-refractivity contribution in [3.8, 4) is 0 Å². The molecule has 0 spiro atoms. The van der Waals surface area contributed by atoms with Gasteiger partial charge in [-0.05, 0) is 49.7 Å². The largest absolute Gasteiger partial charge is 0.299 e. The number of likely N-dealkylation sites (tertiary alicyclic amines) is 1. The van der Waals surface area contributed by atoms with E-state index in [1.165, 1.54) is 31.5 Å². The van der Waals surface area contributed by atoms with Crippen molar-refractivity contribution >= 4 is 29.0 Å². The highest BCUT2D eigenvalue weighted by molar-refractivity contribution is 6.36. The fourth-order valence-corrected chi connectivity index (χ4v) is 3.16. The van der Waals surface area contributed by atoms with Crippen LogP contribution in [0.2, 0.25) is 10.0 Å². The van der Waals surface area contributed by atoms with Crippen molar-refractivity contribution < 1.29 is 4.79 Å². The molecule has 0 radical (unpaired) electrons. The molecule has 1 aliphatic heterocycles. The van der Waals surface area contributed by atoms with Crippen LogP contribution in [0.1, 0.15) is 34.3 Å². The Morgan fingerprint density at radius 1 is 1.00 bits per heavy atom. The first-order chi connectivity index (χ1) is 10.6. The lowest BCUT2D eigenvalue weighted by Gasteiger charge is -2.14. The zero-order chi connectivity index (χ0) is 15.5. The molecule has 22 heavy (non-hydrogen) atoms. The molecule has 1 saturated heterocycles. The normalized spacial score (nSPS) is 15.2. The van der Waals surface area contributed by atoms with E-state index in [4.69, 9.17) is 23.2 Å². The van der Waals surface area contributed by atoms with Crippen LogP contribution < -0.4 is 0 Å². The molecular weight excluding hydrogens is 317 g/mol. The molecule has 1 aliphatic rings. The number of ketones is 1. The number of rotatable bonds is 4. The number of hydrogen-bond donors (Lipinski definition) is 0. The minimum absolute atomic E-state index is 0.0970. The summed E-state index contributed by atoms with van der Waals surface area (Å²) in [4.78, 5) is 15.0. The summed E-state index contributed by atoms with van der Waals surface area (Å²) in [7, 11) is 0. The fourth-order valence-electron chi connectivity index (χ4n) is 2.79. The first kappa shape index (κ1) is 15.5. The van der Waals surface area contributed by atoms with Gasteiger partial charge in [-0.15, -0.1) is 0 Å². The van der Waals surface area contributed by atoms with Gasteiger partial charge in [0.1, 0.15) is 0 Å². The third-order valence-corrected chi connectivity index (χ3v) is 4.56. The smallest absolute Gasteiger partial charge is 0.194 e. The Kier molecular flexibility index (Phi) is 4.82. The van der Waals surface area contributed by atoms with E-state index in [1.807, 2.05) is 24.3 Å². The average Bonchev–Trinajstić information content (AvgIpc) is 3.03. The number of carbonyl (C=O) groups is 1. The van der Waals surface area contributed by atoms with E-state index in [9.17, 15) is 4.79 Å². The van der Waals surface area contributed by atoms with Crippen molar-refractivity contribution in [2.75, 3.05) is 13.1 Å². The molecule has 0 unspecified atom stereocenters. The maximum Gasteiger partial charge on any atom is 0.194 e. The molecule has 2 aromatic rings. The Bertz CT molecular complexity index is 676. The van der Waals surface area contributed by atoms with Gasteiger partial charge < -0.3 is 0 Å². The second kappa shape index (κ2) is 6.82. The highest BCUT2D eigenvalue weighted by Gasteiger charge is 2.15. The lowest BCUT2D eigenvalue weighted by molar-refractivity contribution is 0.103. The standard InChI is InChI=1S/C18H17Cl2NO/c19-15-7-8-17(20)16(11-15)18(22)14-5-3-13(4-6-14)12-21-9-1-2-10-21/h3-8,11H,1-2,9-10,12H2. The second-order valence-corrected chi connectivity index (χ2v) is 6.48. The summed E-state index contributed by atoms with van der Waals surface area (Å²) >= 11 is 12.1. The van der Waals surface area contributed by atoms with Gasteiger partial charge in [-0.2, -0.15) is 0 Å². The minimum atomic E-state index is -0.0970. The monoisotopic (exact) mass is 333 g/mol. The molecule has 4 heteroatoms. The second-order valence-electron chi connectivity index (χ2n) is 5.63. The van der Waals surface area contributed by atoms with Crippen LogP contribution >= 0.6 is 23.2 Å². The maximum atomic E-state index is 12.5. The van der Waals surface area contributed by atoms with Crippen LogP contribution in [0.25, 0.3) is 0 Å². The Morgan fingerprint density at radius 3 is 2.36 bits per heavy atom. The molecular formula is C18H17Cl2NO. The van der Waals surface area contributed by atoms with Crippen LogP contribution in [0.3, 0.4) is 0 Å². The first-order valence-electron chi connectivity index (χ1n) is 7.44. The summed E-state index contributed by atoms with van der Waals surface area (Å²) < 4.78 is 0. The SMILES string of the molecule is O=C(c1ccc(CN2CCCC2)cc1)c1cc(Cl)ccc1Cl. The summed E-state index contributed by atoms with van der Waals surface area (Å²) in [6, 6.07) is 12.7. The fraction of sp³-hybridized carbons (Fsp3) is 0.278. The summed E-state index contributed by atoms with van der Waals surface area (Å²) in [6.45, 7) is 3.28. The van der Waals surface area contributed by atoms with E-state index in [1.54, 1.807) is 18.2 Å². The van der Waals surface area contributed by atoms with Crippen molar-refractivity contribution in [1.82, 2.24) is 4.90 Å². The predicted molar refractivity (Wildman–Crippen MR) is 90.8 cm³/mol. The molecule has 0 aromatic heterocycles. The van der Waals surface area contributed by atoms with E-state index in [0.717, 1.165) is 6.54 Å². The Labute approximate surface area is 140 Å². The number of benzene rings is 2. The van der Waals surface area contributed by atoms with Crippen LogP contribution in [0.15, 0.2) is 42.5 Å². The Balaban J connectivity index is 1.77. The molecule has 2 aromatic carbocycles. The molecule has 0 saturated carbocycles. The Hall–Kier alpha value is -1.35. The lowest BCUT2D eigenvalue weighted by Crippen LogP contribution is -2.18. The average molecular weight is 334 g/mol. The van der Waals surface area contributed by atoms with Crippen LogP contribution in [0.4, 0.5) is 0 Å². The number of hydrogen-bond acceptors (Lipinski definition) is 2. The van der Waals surface area contributed by atoms with E-state index in [2.05, 4.69) is 4.90 Å². The zero-order valence-electron chi connectivity index (χ0n) is 12.2. The van der Waals surface area contributed by atoms with Crippen LogP contribution in [0.5, 0.6) is 0 Å². The van der Waals surface area contributed by atoms with Gasteiger partial charge in [0.25, 0.3) is 0 Å². The van der Waals surface area contributed by atoms with Gasteiger partial charge in [0.2, 0.25) is 0 Å². The maximum absolute atomic E-state index is 12.5. The third kappa shape index (κ3) is 3.52. The van der Waals surface area contributed by atoms with Gasteiger partial charge in [-0.1, -0.05) is 47.5 Å². The number of nitrogens with zero attached hydrogens (tertiary/aromatic N) is 1. The highest BCUT2D eigenvalue weighted by atomic mass is 35.5. The molecule has 0 bridgehead atoms. The molecule has 2 nitrogen and oxygen atoms in total. The Morgan fingerprint density at radius 2 is 1.68 bits per heavy atom. The van der Waals surface area contributed by atoms with Crippen molar-refractivity contribution in [3.63, 3.8) is 0 Å². The van der Waals surface area contributed by atoms with E-state index >= 15 is 0 Å². The van der Waals surface area contributed by atoms with Gasteiger partial charge in [-0.25, -0.2) is 0 Å². The van der Waals surface area contributed by atoms with Gasteiger partial charge in [0, 0.05) is 22.7 Å². The van der Waals surface area contributed by atoms with E-state index < -0.39 is 0 Å². The molecule has 0 N–H and O–H groups in total. The van der Waals surface area contributed by atoms with Crippen LogP contribution in [0, 0.1) is 0 Å². The first-order valence-corrected chi connectivity index (χ1v) is 8.20. The minimum Gasteiger partial charge on any atom is -0.299 e. The number of carbonyl (C=O) groups excluding carboxylic acids is 1. The molecule has 1 fully saturated rings. The third-order valence-electron chi connectivity index (χ3n) is 3.99. The molecule has 3 rings (SSSR count). The molecule has 0 aliphatic carbocycles. The topological polar surface area (TPSA) is 20.3 Å². The van der Waals surface area contributed by atoms with E-state index in [-0.39, 0.29) is 5.78 Å². The van der Waals surface area contributed by atoms with Gasteiger partial charge in [-0.3, -0.25) is 9.69 Å². The van der Waals surface area contributed by atoms with Crippen LogP contribution in [-0.2, 0) is 6.54 Å². The summed E-state index contributed by atoms with van der Waals surface area (Å²) in [5.74, 6) is -0.0970. The quantitative estimate of drug-likeness (QED) is 0.747. The number of halogens is 2. The zero-order valence-corrected chi connectivity index (χ0v) is 13.7. The van der Waals surface area contributed by atoms with Gasteiger partial charge in [0.15, 0.2) is 5.78 Å². The van der Waals surface area contributed by atoms with Crippen LogP contribution in [-0.4, -0.2) is 23.8 Å². The molecule has 114 valence electrons. The molecule has 0 atom stereocenters. The summed E-state index contributed by atoms with van der Waals surface area (Å²) in [5.41, 5.74) is 2.31. The predicted octanol–water partition coefficient (Wildman–Crippen LogP) is 4.82. The summed E-state index contributed by atoms with van der Waals surface area (Å²) in [5, 5.41) is 0.939. The van der Waals surface area contributed by atoms with Crippen molar-refractivity contribution in [3.05, 3.63) is 69.2 Å². The lowest BCUT2D eigenvalue weighted by atomic mass is 10.0. The van der Waals surface area contributed by atoms with E-state index in [0.29, 0.717) is 21.2 Å². The van der Waals surface area contributed by atoms with Crippen molar-refractivity contribution in [2.24, 2.45) is 0 Å². The molecule has 0 amide bonds. The van der Waals surface area contributed by atoms with Crippen molar-refractivity contribution in [2.45, 2.75) is 19.4 Å².